The van der Waals surface area contributed by atoms with Crippen LogP contribution in [0.3, 0.4) is 0 Å². The largest absolute Gasteiger partial charge is 0.465 e. The molecular weight excluding hydrogens is 506 g/mol. The van der Waals surface area contributed by atoms with E-state index in [2.05, 4.69) is 15.0 Å². The molecule has 0 N–H and O–H groups in total. The monoisotopic (exact) mass is 531 g/mol. The minimum Gasteiger partial charge on any atom is -0.465 e. The van der Waals surface area contributed by atoms with E-state index in [1.807, 2.05) is 18.2 Å². The van der Waals surface area contributed by atoms with Crippen LogP contribution in [0, 0.1) is 0 Å². The maximum Gasteiger partial charge on any atom is 0.337 e. The number of hydrogen-bond acceptors (Lipinski definition) is 7. The van der Waals surface area contributed by atoms with Gasteiger partial charge in [0.2, 0.25) is 0 Å². The number of benzene rings is 2. The van der Waals surface area contributed by atoms with Crippen molar-refractivity contribution in [3.05, 3.63) is 130 Å². The van der Waals surface area contributed by atoms with Gasteiger partial charge in [0.1, 0.15) is 11.2 Å². The predicted octanol–water partition coefficient (Wildman–Crippen LogP) is 4.23. The molecule has 0 bridgehead atoms. The molecule has 5 rings (SSSR count). The average Bonchev–Trinajstić information content (AvgIpc) is 3.00. The SMILES string of the molecule is COC(=O)c1ccc(C=CC(=O)N(C)c2cccc(-n3c(=O)c(Cc4cccnc4)nc4cccnc43)c2)cc1. The first-order valence-electron chi connectivity index (χ1n) is 12.4. The van der Waals surface area contributed by atoms with Gasteiger partial charge >= 0.3 is 5.97 Å². The van der Waals surface area contributed by atoms with Crippen molar-refractivity contribution in [2.24, 2.45) is 0 Å². The molecule has 3 heterocycles. The lowest BCUT2D eigenvalue weighted by atomic mass is 10.1. The molecule has 0 atom stereocenters. The summed E-state index contributed by atoms with van der Waals surface area (Å²) in [5.41, 5.74) is 4.27. The Bertz CT molecular complexity index is 1780. The van der Waals surface area contributed by atoms with Crippen molar-refractivity contribution in [2.45, 2.75) is 6.42 Å². The third-order valence-corrected chi connectivity index (χ3v) is 6.33. The fraction of sp³-hybridized carbons (Fsp3) is 0.0968. The van der Waals surface area contributed by atoms with Crippen molar-refractivity contribution in [1.82, 2.24) is 19.5 Å². The number of methoxy groups -OCH3 is 1. The number of amides is 1. The van der Waals surface area contributed by atoms with E-state index >= 15 is 0 Å². The summed E-state index contributed by atoms with van der Waals surface area (Å²) in [4.78, 5) is 52.9. The van der Waals surface area contributed by atoms with Crippen molar-refractivity contribution in [1.29, 1.82) is 0 Å². The Labute approximate surface area is 230 Å². The van der Waals surface area contributed by atoms with Crippen molar-refractivity contribution in [3.8, 4) is 5.69 Å². The fourth-order valence-corrected chi connectivity index (χ4v) is 4.21. The van der Waals surface area contributed by atoms with Crippen molar-refractivity contribution >= 4 is 34.8 Å². The highest BCUT2D eigenvalue weighted by Crippen LogP contribution is 2.21. The molecular formula is C31H25N5O4. The summed E-state index contributed by atoms with van der Waals surface area (Å²) >= 11 is 0. The van der Waals surface area contributed by atoms with Crippen LogP contribution >= 0.6 is 0 Å². The van der Waals surface area contributed by atoms with Gasteiger partial charge in [-0.15, -0.1) is 0 Å². The van der Waals surface area contributed by atoms with Crippen LogP contribution in [0.25, 0.3) is 22.9 Å². The fourth-order valence-electron chi connectivity index (χ4n) is 4.21. The van der Waals surface area contributed by atoms with E-state index in [4.69, 9.17) is 4.74 Å². The Balaban J connectivity index is 1.45. The topological polar surface area (TPSA) is 107 Å². The summed E-state index contributed by atoms with van der Waals surface area (Å²) in [6, 6.07) is 21.2. The zero-order chi connectivity index (χ0) is 28.1. The van der Waals surface area contributed by atoms with Gasteiger partial charge in [0.05, 0.1) is 18.4 Å². The lowest BCUT2D eigenvalue weighted by Gasteiger charge is -2.18. The average molecular weight is 532 g/mol. The summed E-state index contributed by atoms with van der Waals surface area (Å²) in [6.07, 6.45) is 8.43. The number of fused-ring (bicyclic) bond motifs is 1. The number of esters is 1. The quantitative estimate of drug-likeness (QED) is 0.229. The van der Waals surface area contributed by atoms with Crippen LogP contribution in [0.5, 0.6) is 0 Å². The third kappa shape index (κ3) is 5.53. The van der Waals surface area contributed by atoms with E-state index in [9.17, 15) is 14.4 Å². The third-order valence-electron chi connectivity index (χ3n) is 6.33. The van der Waals surface area contributed by atoms with Crippen LogP contribution in [-0.2, 0) is 16.0 Å². The maximum atomic E-state index is 13.7. The van der Waals surface area contributed by atoms with Crippen molar-refractivity contribution < 1.29 is 14.3 Å². The summed E-state index contributed by atoms with van der Waals surface area (Å²) in [5, 5.41) is 0. The van der Waals surface area contributed by atoms with Crippen LogP contribution in [0.2, 0.25) is 0 Å². The van der Waals surface area contributed by atoms with Crippen LogP contribution in [0.15, 0.2) is 102 Å². The van der Waals surface area contributed by atoms with E-state index in [1.54, 1.807) is 86.3 Å². The number of nitrogens with zero attached hydrogens (tertiary/aromatic N) is 5. The first-order valence-corrected chi connectivity index (χ1v) is 12.4. The standard InChI is InChI=1S/C31H25N5O4/c1-35(28(37)15-12-21-10-13-23(14-11-21)31(39)40-2)24-7-3-8-25(19-24)36-29-26(9-5-17-33-29)34-27(30(36)38)18-22-6-4-16-32-20-22/h3-17,19-20H,18H2,1-2H3. The van der Waals surface area contributed by atoms with E-state index < -0.39 is 5.97 Å². The van der Waals surface area contributed by atoms with Gasteiger partial charge in [0, 0.05) is 43.8 Å². The van der Waals surface area contributed by atoms with Gasteiger partial charge in [-0.1, -0.05) is 24.3 Å². The minimum absolute atomic E-state index is 0.267. The number of ether oxygens (including phenoxy) is 1. The Morgan fingerprint density at radius 2 is 1.80 bits per heavy atom. The molecule has 5 aromatic rings. The Morgan fingerprint density at radius 1 is 1.00 bits per heavy atom. The molecule has 0 fully saturated rings. The maximum absolute atomic E-state index is 13.7. The Morgan fingerprint density at radius 3 is 2.55 bits per heavy atom. The van der Waals surface area contributed by atoms with Gasteiger partial charge in [-0.3, -0.25) is 19.1 Å². The number of likely N-dealkylation sites (N-methyl/N-ethyl adjacent to an activating group) is 1. The summed E-state index contributed by atoms with van der Waals surface area (Å²) in [6.45, 7) is 0. The molecule has 198 valence electrons. The number of hydrogen-bond donors (Lipinski definition) is 0. The molecule has 9 heteroatoms. The van der Waals surface area contributed by atoms with E-state index in [1.165, 1.54) is 22.7 Å². The molecule has 3 aromatic heterocycles. The van der Waals surface area contributed by atoms with E-state index in [-0.39, 0.29) is 11.5 Å². The predicted molar refractivity (Wildman–Crippen MR) is 152 cm³/mol. The first-order chi connectivity index (χ1) is 19.4. The zero-order valence-corrected chi connectivity index (χ0v) is 21.9. The van der Waals surface area contributed by atoms with E-state index in [0.717, 1.165) is 11.1 Å². The molecule has 1 amide bonds. The minimum atomic E-state index is -0.424. The lowest BCUT2D eigenvalue weighted by Crippen LogP contribution is -2.27. The molecule has 0 saturated carbocycles. The highest BCUT2D eigenvalue weighted by Gasteiger charge is 2.16. The lowest BCUT2D eigenvalue weighted by molar-refractivity contribution is -0.113. The van der Waals surface area contributed by atoms with Gasteiger partial charge in [-0.05, 0) is 65.7 Å². The second-order valence-electron chi connectivity index (χ2n) is 8.95. The summed E-state index contributed by atoms with van der Waals surface area (Å²) in [5.74, 6) is -0.691. The molecule has 9 nitrogen and oxygen atoms in total. The number of aromatic nitrogens is 4. The summed E-state index contributed by atoms with van der Waals surface area (Å²) < 4.78 is 6.23. The van der Waals surface area contributed by atoms with E-state index in [0.29, 0.717) is 40.2 Å². The van der Waals surface area contributed by atoms with Crippen LogP contribution < -0.4 is 10.5 Å². The number of anilines is 1. The normalized spacial score (nSPS) is 11.1. The second-order valence-corrected chi connectivity index (χ2v) is 8.95. The van der Waals surface area contributed by atoms with Gasteiger partial charge in [-0.2, -0.15) is 0 Å². The van der Waals surface area contributed by atoms with Gasteiger partial charge in [0.25, 0.3) is 11.5 Å². The second kappa shape index (κ2) is 11.5. The molecule has 0 aliphatic rings. The highest BCUT2D eigenvalue weighted by atomic mass is 16.5. The van der Waals surface area contributed by atoms with Crippen LogP contribution in [0.1, 0.15) is 27.2 Å². The molecule has 0 spiro atoms. The Hall–Kier alpha value is -5.44. The van der Waals surface area contributed by atoms with Crippen LogP contribution in [0.4, 0.5) is 5.69 Å². The molecule has 2 aromatic carbocycles. The molecule has 0 unspecified atom stereocenters. The van der Waals surface area contributed by atoms with Crippen molar-refractivity contribution in [2.75, 3.05) is 19.1 Å². The van der Waals surface area contributed by atoms with Gasteiger partial charge in [0.15, 0.2) is 5.65 Å². The van der Waals surface area contributed by atoms with Crippen LogP contribution in [-0.4, -0.2) is 45.6 Å². The molecule has 0 aliphatic heterocycles. The number of pyridine rings is 2. The smallest absolute Gasteiger partial charge is 0.337 e. The van der Waals surface area contributed by atoms with Gasteiger partial charge < -0.3 is 9.64 Å². The molecule has 0 radical (unpaired) electrons. The molecule has 0 aliphatic carbocycles. The first kappa shape index (κ1) is 26.2. The summed E-state index contributed by atoms with van der Waals surface area (Å²) in [7, 11) is 2.98. The van der Waals surface area contributed by atoms with Crippen molar-refractivity contribution in [3.63, 3.8) is 0 Å². The highest BCUT2D eigenvalue weighted by molar-refractivity contribution is 6.03. The molecule has 0 saturated heterocycles. The zero-order valence-electron chi connectivity index (χ0n) is 21.9. The van der Waals surface area contributed by atoms with Gasteiger partial charge in [-0.25, -0.2) is 14.8 Å². The number of rotatable bonds is 7. The Kier molecular flexibility index (Phi) is 7.54. The number of carbonyl (C=O) groups excluding carboxylic acids is 2. The number of carbonyl (C=O) groups is 2. The molecule has 40 heavy (non-hydrogen) atoms.